The maximum atomic E-state index is 5.72. The second-order valence-electron chi connectivity index (χ2n) is 4.80. The number of nitrogens with one attached hydrogen (secondary N) is 1. The third kappa shape index (κ3) is 4.07. The van der Waals surface area contributed by atoms with Gasteiger partial charge in [0.2, 0.25) is 0 Å². The molecule has 2 nitrogen and oxygen atoms in total. The highest BCUT2D eigenvalue weighted by molar-refractivity contribution is 4.71. The van der Waals surface area contributed by atoms with Crippen molar-refractivity contribution in [2.24, 2.45) is 5.41 Å². The van der Waals surface area contributed by atoms with Gasteiger partial charge in [-0.2, -0.15) is 0 Å². The van der Waals surface area contributed by atoms with Crippen LogP contribution in [0.1, 0.15) is 33.6 Å². The Morgan fingerprint density at radius 3 is 2.67 bits per heavy atom. The number of ether oxygens (including phenoxy) is 1. The maximum Gasteiger partial charge on any atom is 0.0711 e. The fourth-order valence-electron chi connectivity index (χ4n) is 1.30. The maximum absolute atomic E-state index is 5.72. The fourth-order valence-corrected chi connectivity index (χ4v) is 1.30. The van der Waals surface area contributed by atoms with E-state index in [-0.39, 0.29) is 0 Å². The Kier molecular flexibility index (Phi) is 3.53. The summed E-state index contributed by atoms with van der Waals surface area (Å²) in [5, 5.41) is 3.29. The summed E-state index contributed by atoms with van der Waals surface area (Å²) in [7, 11) is 0. The summed E-state index contributed by atoms with van der Waals surface area (Å²) < 4.78 is 5.72. The van der Waals surface area contributed by atoms with Crippen LogP contribution in [0.15, 0.2) is 0 Å². The molecule has 0 aromatic heterocycles. The normalized spacial score (nSPS) is 24.8. The molecule has 1 aliphatic rings. The van der Waals surface area contributed by atoms with Crippen LogP contribution in [-0.2, 0) is 4.74 Å². The lowest BCUT2D eigenvalue weighted by atomic mass is 9.93. The molecule has 0 aromatic carbocycles. The van der Waals surface area contributed by atoms with Crippen molar-refractivity contribution >= 4 is 0 Å². The van der Waals surface area contributed by atoms with Crippen molar-refractivity contribution in [2.45, 2.75) is 39.7 Å². The fraction of sp³-hybridized carbons (Fsp3) is 1.00. The molecule has 0 bridgehead atoms. The first-order valence-corrected chi connectivity index (χ1v) is 4.90. The van der Waals surface area contributed by atoms with Gasteiger partial charge in [-0.1, -0.05) is 20.8 Å². The Labute approximate surface area is 75.7 Å². The molecule has 1 N–H and O–H groups in total. The van der Waals surface area contributed by atoms with Gasteiger partial charge in [-0.25, -0.2) is 0 Å². The lowest BCUT2D eigenvalue weighted by Crippen LogP contribution is -2.19. The zero-order chi connectivity index (χ0) is 9.03. The van der Waals surface area contributed by atoms with E-state index in [1.807, 2.05) is 0 Å². The predicted octanol–water partition coefficient (Wildman–Crippen LogP) is 1.80. The Hall–Kier alpha value is -0.0800. The van der Waals surface area contributed by atoms with Crippen molar-refractivity contribution in [2.75, 3.05) is 19.7 Å². The summed E-state index contributed by atoms with van der Waals surface area (Å²) in [6.45, 7) is 9.84. The van der Waals surface area contributed by atoms with Gasteiger partial charge in [0.25, 0.3) is 0 Å². The molecule has 72 valence electrons. The standard InChI is InChI=1S/C10H21NO/c1-10(2,3)5-7-12-9-4-6-11-8-9/h9,11H,4-8H2,1-3H3. The van der Waals surface area contributed by atoms with Gasteiger partial charge in [-0.15, -0.1) is 0 Å². The van der Waals surface area contributed by atoms with E-state index in [0.717, 1.165) is 26.1 Å². The van der Waals surface area contributed by atoms with Gasteiger partial charge in [-0.3, -0.25) is 0 Å². The molecule has 1 unspecified atom stereocenters. The summed E-state index contributed by atoms with van der Waals surface area (Å²) in [5.41, 5.74) is 0.409. The second kappa shape index (κ2) is 4.24. The van der Waals surface area contributed by atoms with Crippen LogP contribution in [0.2, 0.25) is 0 Å². The molecule has 0 radical (unpaired) electrons. The van der Waals surface area contributed by atoms with Gasteiger partial charge < -0.3 is 10.1 Å². The van der Waals surface area contributed by atoms with E-state index in [9.17, 15) is 0 Å². The minimum absolute atomic E-state index is 0.409. The molecule has 1 heterocycles. The third-order valence-electron chi connectivity index (χ3n) is 2.22. The van der Waals surface area contributed by atoms with Gasteiger partial charge in [0.05, 0.1) is 6.10 Å². The van der Waals surface area contributed by atoms with Crippen molar-refractivity contribution in [1.29, 1.82) is 0 Å². The first-order chi connectivity index (χ1) is 5.58. The van der Waals surface area contributed by atoms with Crippen molar-refractivity contribution in [1.82, 2.24) is 5.32 Å². The number of hydrogen-bond donors (Lipinski definition) is 1. The monoisotopic (exact) mass is 171 g/mol. The van der Waals surface area contributed by atoms with E-state index in [1.54, 1.807) is 0 Å². The molecule has 0 aliphatic carbocycles. The van der Waals surface area contributed by atoms with Crippen molar-refractivity contribution in [3.8, 4) is 0 Å². The zero-order valence-corrected chi connectivity index (χ0v) is 8.52. The Morgan fingerprint density at radius 2 is 2.17 bits per heavy atom. The van der Waals surface area contributed by atoms with Crippen LogP contribution in [0.25, 0.3) is 0 Å². The molecular formula is C10H21NO. The van der Waals surface area contributed by atoms with E-state index in [2.05, 4.69) is 26.1 Å². The second-order valence-corrected chi connectivity index (χ2v) is 4.80. The quantitative estimate of drug-likeness (QED) is 0.699. The Morgan fingerprint density at radius 1 is 1.42 bits per heavy atom. The Balaban J connectivity index is 2.02. The van der Waals surface area contributed by atoms with Crippen LogP contribution < -0.4 is 5.32 Å². The summed E-state index contributed by atoms with van der Waals surface area (Å²) in [4.78, 5) is 0. The minimum Gasteiger partial charge on any atom is -0.377 e. The third-order valence-corrected chi connectivity index (χ3v) is 2.22. The molecule has 1 atom stereocenters. The number of rotatable bonds is 3. The first-order valence-electron chi connectivity index (χ1n) is 4.90. The molecule has 0 amide bonds. The molecule has 1 rings (SSSR count). The van der Waals surface area contributed by atoms with Gasteiger partial charge >= 0.3 is 0 Å². The molecule has 1 fully saturated rings. The van der Waals surface area contributed by atoms with Gasteiger partial charge in [-0.05, 0) is 24.8 Å². The summed E-state index contributed by atoms with van der Waals surface area (Å²) >= 11 is 0. The SMILES string of the molecule is CC(C)(C)CCOC1CCNC1. The topological polar surface area (TPSA) is 21.3 Å². The van der Waals surface area contributed by atoms with Crippen molar-refractivity contribution in [3.05, 3.63) is 0 Å². The van der Waals surface area contributed by atoms with E-state index >= 15 is 0 Å². The van der Waals surface area contributed by atoms with E-state index in [0.29, 0.717) is 11.5 Å². The van der Waals surface area contributed by atoms with Gasteiger partial charge in [0.15, 0.2) is 0 Å². The van der Waals surface area contributed by atoms with Crippen LogP contribution >= 0.6 is 0 Å². The van der Waals surface area contributed by atoms with E-state index < -0.39 is 0 Å². The lowest BCUT2D eigenvalue weighted by Gasteiger charge is -2.19. The molecule has 1 aliphatic heterocycles. The Bertz CT molecular complexity index is 122. The lowest BCUT2D eigenvalue weighted by molar-refractivity contribution is 0.0501. The highest BCUT2D eigenvalue weighted by Crippen LogP contribution is 2.18. The highest BCUT2D eigenvalue weighted by Gasteiger charge is 2.16. The zero-order valence-electron chi connectivity index (χ0n) is 8.52. The van der Waals surface area contributed by atoms with Crippen LogP contribution in [-0.4, -0.2) is 25.8 Å². The largest absolute Gasteiger partial charge is 0.377 e. The van der Waals surface area contributed by atoms with Gasteiger partial charge in [0, 0.05) is 13.2 Å². The number of hydrogen-bond acceptors (Lipinski definition) is 2. The van der Waals surface area contributed by atoms with E-state index in [1.165, 1.54) is 6.42 Å². The average molecular weight is 171 g/mol. The van der Waals surface area contributed by atoms with Gasteiger partial charge in [0.1, 0.15) is 0 Å². The minimum atomic E-state index is 0.409. The molecule has 0 aromatic rings. The molecule has 2 heteroatoms. The molecular weight excluding hydrogens is 150 g/mol. The molecule has 0 saturated carbocycles. The van der Waals surface area contributed by atoms with Crippen molar-refractivity contribution < 1.29 is 4.74 Å². The first kappa shape index (κ1) is 10.0. The van der Waals surface area contributed by atoms with Crippen molar-refractivity contribution in [3.63, 3.8) is 0 Å². The van der Waals surface area contributed by atoms with Crippen LogP contribution in [0.5, 0.6) is 0 Å². The van der Waals surface area contributed by atoms with Crippen LogP contribution in [0.4, 0.5) is 0 Å². The summed E-state index contributed by atoms with van der Waals surface area (Å²) in [6.07, 6.45) is 2.82. The highest BCUT2D eigenvalue weighted by atomic mass is 16.5. The van der Waals surface area contributed by atoms with Crippen LogP contribution in [0, 0.1) is 5.41 Å². The van der Waals surface area contributed by atoms with E-state index in [4.69, 9.17) is 4.74 Å². The van der Waals surface area contributed by atoms with Crippen LogP contribution in [0.3, 0.4) is 0 Å². The summed E-state index contributed by atoms with van der Waals surface area (Å²) in [6, 6.07) is 0. The predicted molar refractivity (Wildman–Crippen MR) is 51.3 cm³/mol. The molecule has 0 spiro atoms. The smallest absolute Gasteiger partial charge is 0.0711 e. The molecule has 1 saturated heterocycles. The molecule has 12 heavy (non-hydrogen) atoms. The average Bonchev–Trinajstić information content (AvgIpc) is 2.36. The summed E-state index contributed by atoms with van der Waals surface area (Å²) in [5.74, 6) is 0.